The van der Waals surface area contributed by atoms with Crippen molar-refractivity contribution >= 4 is 27.3 Å². The number of nitrogens with zero attached hydrogens (tertiary/aromatic N) is 1. The predicted octanol–water partition coefficient (Wildman–Crippen LogP) is 3.50. The van der Waals surface area contributed by atoms with Gasteiger partial charge in [-0.25, -0.2) is 0 Å². The van der Waals surface area contributed by atoms with Crippen molar-refractivity contribution in [3.05, 3.63) is 64.1 Å². The standard InChI is InChI=1S/C14H13BrN2/c1-17-14(10-5-3-2-4-6-10)12-9-11(15)7-8-13(12)16/h2-9H,16H2,1H3. The van der Waals surface area contributed by atoms with Crippen molar-refractivity contribution in [2.45, 2.75) is 0 Å². The number of rotatable bonds is 2. The fraction of sp³-hybridized carbons (Fsp3) is 0.0714. The maximum absolute atomic E-state index is 6.00. The molecule has 0 amide bonds. The van der Waals surface area contributed by atoms with Crippen LogP contribution in [0.3, 0.4) is 0 Å². The molecule has 0 heterocycles. The van der Waals surface area contributed by atoms with Crippen LogP contribution in [0, 0.1) is 0 Å². The van der Waals surface area contributed by atoms with Gasteiger partial charge in [-0.1, -0.05) is 46.3 Å². The molecule has 0 spiro atoms. The number of hydrogen-bond acceptors (Lipinski definition) is 2. The van der Waals surface area contributed by atoms with Crippen LogP contribution in [0.15, 0.2) is 58.0 Å². The molecule has 0 radical (unpaired) electrons. The van der Waals surface area contributed by atoms with Crippen molar-refractivity contribution in [2.24, 2.45) is 4.99 Å². The summed E-state index contributed by atoms with van der Waals surface area (Å²) < 4.78 is 0.999. The van der Waals surface area contributed by atoms with Crippen LogP contribution in [0.1, 0.15) is 11.1 Å². The molecule has 0 aliphatic rings. The van der Waals surface area contributed by atoms with Crippen LogP contribution in [-0.2, 0) is 0 Å². The molecule has 2 nitrogen and oxygen atoms in total. The zero-order valence-electron chi connectivity index (χ0n) is 9.52. The van der Waals surface area contributed by atoms with Gasteiger partial charge >= 0.3 is 0 Å². The maximum atomic E-state index is 6.00. The highest BCUT2D eigenvalue weighted by Gasteiger charge is 2.09. The first kappa shape index (κ1) is 11.9. The second kappa shape index (κ2) is 5.15. The van der Waals surface area contributed by atoms with E-state index in [-0.39, 0.29) is 0 Å². The summed E-state index contributed by atoms with van der Waals surface area (Å²) in [5, 5.41) is 0. The molecule has 0 saturated heterocycles. The lowest BCUT2D eigenvalue weighted by Crippen LogP contribution is -2.06. The van der Waals surface area contributed by atoms with Crippen LogP contribution in [-0.4, -0.2) is 12.8 Å². The Labute approximate surface area is 109 Å². The van der Waals surface area contributed by atoms with E-state index in [0.29, 0.717) is 0 Å². The summed E-state index contributed by atoms with van der Waals surface area (Å²) in [7, 11) is 1.78. The van der Waals surface area contributed by atoms with Gasteiger partial charge in [0.25, 0.3) is 0 Å². The number of nitrogens with two attached hydrogens (primary N) is 1. The molecule has 0 saturated carbocycles. The molecule has 0 aliphatic carbocycles. The molecule has 0 bridgehead atoms. The Morgan fingerprint density at radius 2 is 1.82 bits per heavy atom. The molecule has 3 heteroatoms. The van der Waals surface area contributed by atoms with Gasteiger partial charge in [-0.3, -0.25) is 4.99 Å². The smallest absolute Gasteiger partial charge is 0.0736 e. The Hall–Kier alpha value is -1.61. The zero-order valence-corrected chi connectivity index (χ0v) is 11.1. The van der Waals surface area contributed by atoms with Gasteiger partial charge in [-0.15, -0.1) is 0 Å². The average molecular weight is 289 g/mol. The molecule has 2 N–H and O–H groups in total. The molecule has 0 aliphatic heterocycles. The molecule has 17 heavy (non-hydrogen) atoms. The Balaban J connectivity index is 2.54. The zero-order chi connectivity index (χ0) is 12.3. The number of halogens is 1. The third-order valence-corrected chi connectivity index (χ3v) is 3.03. The summed E-state index contributed by atoms with van der Waals surface area (Å²) in [5.74, 6) is 0. The molecule has 0 aromatic heterocycles. The normalized spacial score (nSPS) is 11.5. The summed E-state index contributed by atoms with van der Waals surface area (Å²) in [5.41, 5.74) is 9.66. The van der Waals surface area contributed by atoms with Crippen LogP contribution in [0.4, 0.5) is 5.69 Å². The van der Waals surface area contributed by atoms with Gasteiger partial charge in [0.05, 0.1) is 5.71 Å². The largest absolute Gasteiger partial charge is 0.398 e. The Bertz CT molecular complexity index is 547. The molecule has 0 unspecified atom stereocenters. The SMILES string of the molecule is CN=C(c1ccccc1)c1cc(Br)ccc1N. The fourth-order valence-electron chi connectivity index (χ4n) is 1.73. The number of benzene rings is 2. The Morgan fingerprint density at radius 3 is 2.47 bits per heavy atom. The molecule has 0 fully saturated rings. The summed E-state index contributed by atoms with van der Waals surface area (Å²) in [6, 6.07) is 15.8. The number of anilines is 1. The van der Waals surface area contributed by atoms with Gasteiger partial charge in [-0.05, 0) is 18.2 Å². The van der Waals surface area contributed by atoms with E-state index in [2.05, 4.69) is 20.9 Å². The Morgan fingerprint density at radius 1 is 1.12 bits per heavy atom. The fourth-order valence-corrected chi connectivity index (χ4v) is 2.10. The van der Waals surface area contributed by atoms with Crippen molar-refractivity contribution < 1.29 is 0 Å². The lowest BCUT2D eigenvalue weighted by Gasteiger charge is -2.09. The number of hydrogen-bond donors (Lipinski definition) is 1. The molecule has 2 aromatic rings. The summed E-state index contributed by atoms with van der Waals surface area (Å²) in [6.07, 6.45) is 0. The lowest BCUT2D eigenvalue weighted by molar-refractivity contribution is 1.41. The van der Waals surface area contributed by atoms with Gasteiger partial charge in [0.2, 0.25) is 0 Å². The summed E-state index contributed by atoms with van der Waals surface area (Å²) in [6.45, 7) is 0. The van der Waals surface area contributed by atoms with Crippen molar-refractivity contribution in [1.29, 1.82) is 0 Å². The van der Waals surface area contributed by atoms with Gasteiger partial charge in [0.15, 0.2) is 0 Å². The highest BCUT2D eigenvalue weighted by molar-refractivity contribution is 9.10. The van der Waals surface area contributed by atoms with E-state index in [4.69, 9.17) is 5.73 Å². The number of nitrogen functional groups attached to an aromatic ring is 1. The second-order valence-corrected chi connectivity index (χ2v) is 4.59. The van der Waals surface area contributed by atoms with E-state index in [9.17, 15) is 0 Å². The van der Waals surface area contributed by atoms with Crippen molar-refractivity contribution in [3.8, 4) is 0 Å². The molecular formula is C14H13BrN2. The van der Waals surface area contributed by atoms with E-state index < -0.39 is 0 Å². The first-order chi connectivity index (χ1) is 8.22. The minimum Gasteiger partial charge on any atom is -0.398 e. The second-order valence-electron chi connectivity index (χ2n) is 3.67. The first-order valence-electron chi connectivity index (χ1n) is 5.30. The highest BCUT2D eigenvalue weighted by atomic mass is 79.9. The van der Waals surface area contributed by atoms with E-state index in [1.165, 1.54) is 0 Å². The van der Waals surface area contributed by atoms with E-state index in [1.54, 1.807) is 7.05 Å². The predicted molar refractivity (Wildman–Crippen MR) is 76.6 cm³/mol. The van der Waals surface area contributed by atoms with Gasteiger partial charge in [0.1, 0.15) is 0 Å². The first-order valence-corrected chi connectivity index (χ1v) is 6.09. The van der Waals surface area contributed by atoms with E-state index in [1.807, 2.05) is 48.5 Å². The monoisotopic (exact) mass is 288 g/mol. The van der Waals surface area contributed by atoms with E-state index >= 15 is 0 Å². The van der Waals surface area contributed by atoms with Crippen LogP contribution in [0.2, 0.25) is 0 Å². The van der Waals surface area contributed by atoms with Crippen LogP contribution >= 0.6 is 15.9 Å². The van der Waals surface area contributed by atoms with Crippen LogP contribution < -0.4 is 5.73 Å². The van der Waals surface area contributed by atoms with E-state index in [0.717, 1.165) is 27.0 Å². The van der Waals surface area contributed by atoms with Crippen molar-refractivity contribution in [3.63, 3.8) is 0 Å². The molecular weight excluding hydrogens is 276 g/mol. The molecule has 2 rings (SSSR count). The highest BCUT2D eigenvalue weighted by Crippen LogP contribution is 2.22. The van der Waals surface area contributed by atoms with Crippen LogP contribution in [0.5, 0.6) is 0 Å². The minimum absolute atomic E-state index is 0.734. The lowest BCUT2D eigenvalue weighted by atomic mass is 10.0. The third-order valence-electron chi connectivity index (χ3n) is 2.54. The van der Waals surface area contributed by atoms with Crippen LogP contribution in [0.25, 0.3) is 0 Å². The van der Waals surface area contributed by atoms with Gasteiger partial charge in [0, 0.05) is 28.3 Å². The third kappa shape index (κ3) is 2.56. The minimum atomic E-state index is 0.734. The molecule has 2 aromatic carbocycles. The summed E-state index contributed by atoms with van der Waals surface area (Å²) >= 11 is 3.46. The number of aliphatic imine (C=N–C) groups is 1. The van der Waals surface area contributed by atoms with Crippen molar-refractivity contribution in [2.75, 3.05) is 12.8 Å². The quantitative estimate of drug-likeness (QED) is 0.667. The van der Waals surface area contributed by atoms with Gasteiger partial charge < -0.3 is 5.73 Å². The Kier molecular flexibility index (Phi) is 3.59. The maximum Gasteiger partial charge on any atom is 0.0736 e. The topological polar surface area (TPSA) is 38.4 Å². The molecule has 86 valence electrons. The molecule has 0 atom stereocenters. The average Bonchev–Trinajstić information content (AvgIpc) is 2.36. The van der Waals surface area contributed by atoms with Crippen molar-refractivity contribution in [1.82, 2.24) is 0 Å². The van der Waals surface area contributed by atoms with Gasteiger partial charge in [-0.2, -0.15) is 0 Å². The summed E-state index contributed by atoms with van der Waals surface area (Å²) in [4.78, 5) is 4.35.